The zero-order valence-corrected chi connectivity index (χ0v) is 28.8. The molecule has 0 unspecified atom stereocenters. The Hall–Kier alpha value is -6.43. The lowest BCUT2D eigenvalue weighted by Gasteiger charge is -2.17. The van der Waals surface area contributed by atoms with Crippen molar-refractivity contribution in [1.82, 2.24) is 19.5 Å². The molecule has 242 valence electrons. The van der Waals surface area contributed by atoms with Gasteiger partial charge in [-0.3, -0.25) is 0 Å². The van der Waals surface area contributed by atoms with Gasteiger partial charge in [-0.25, -0.2) is 15.0 Å². The second-order valence-corrected chi connectivity index (χ2v) is 13.5. The third kappa shape index (κ3) is 5.27. The van der Waals surface area contributed by atoms with Gasteiger partial charge in [-0.1, -0.05) is 146 Å². The van der Waals surface area contributed by atoms with Crippen LogP contribution in [0.2, 0.25) is 0 Å². The predicted molar refractivity (Wildman–Crippen MR) is 216 cm³/mol. The van der Waals surface area contributed by atoms with Gasteiger partial charge in [-0.2, -0.15) is 0 Å². The van der Waals surface area contributed by atoms with E-state index in [0.29, 0.717) is 17.5 Å². The molecule has 6 aromatic carbocycles. The van der Waals surface area contributed by atoms with Gasteiger partial charge in [0.05, 0.1) is 21.4 Å². The highest BCUT2D eigenvalue weighted by Crippen LogP contribution is 2.44. The molecule has 0 fully saturated rings. The van der Waals surface area contributed by atoms with Gasteiger partial charge in [-0.05, 0) is 42.3 Å². The maximum Gasteiger partial charge on any atom is 0.166 e. The van der Waals surface area contributed by atoms with Crippen molar-refractivity contribution < 1.29 is 0 Å². The van der Waals surface area contributed by atoms with E-state index >= 15 is 0 Å². The van der Waals surface area contributed by atoms with Crippen LogP contribution < -0.4 is 0 Å². The fraction of sp³-hybridized carbons (Fsp3) is 0.0217. The van der Waals surface area contributed by atoms with E-state index in [4.69, 9.17) is 15.0 Å². The molecule has 0 saturated carbocycles. The summed E-state index contributed by atoms with van der Waals surface area (Å²) in [5.41, 5.74) is 8.10. The highest BCUT2D eigenvalue weighted by molar-refractivity contribution is 7.26. The molecule has 0 aliphatic rings. The van der Waals surface area contributed by atoms with Crippen molar-refractivity contribution in [3.8, 4) is 39.9 Å². The normalized spacial score (nSPS) is 12.1. The molecule has 0 amide bonds. The van der Waals surface area contributed by atoms with Gasteiger partial charge in [0.15, 0.2) is 17.5 Å². The molecule has 0 N–H and O–H groups in total. The summed E-state index contributed by atoms with van der Waals surface area (Å²) in [6.07, 6.45) is 8.06. The second-order valence-electron chi connectivity index (χ2n) is 12.4. The van der Waals surface area contributed by atoms with E-state index in [2.05, 4.69) is 96.1 Å². The van der Waals surface area contributed by atoms with Crippen LogP contribution in [0, 0.1) is 0 Å². The van der Waals surface area contributed by atoms with Crippen molar-refractivity contribution in [2.24, 2.45) is 0 Å². The van der Waals surface area contributed by atoms with E-state index in [1.165, 1.54) is 36.5 Å². The number of benzene rings is 6. The SMILES string of the molecule is C=C/C(=C\C=C/C)c1ccc(-n2c3ccccc3c3ccc4c5ccccc5sc4c32)c(-c2nc(-c3ccccc3)nc(-c3ccccc3)n2)c1. The summed E-state index contributed by atoms with van der Waals surface area (Å²) in [6, 6.07) is 48.8. The van der Waals surface area contributed by atoms with Crippen LogP contribution in [0.3, 0.4) is 0 Å². The standard InChI is InChI=1S/C46H32N4S/c1-3-5-16-30(4-2)33-25-28-40(38(29-33)46-48-44(31-17-8-6-9-18-31)47-45(49-46)32-19-10-7-11-20-32)50-39-23-14-12-21-34(39)36-26-27-37-35-22-13-15-24-41(35)51-43(37)42(36)50/h3-29H,2H2,1H3/b5-3-,30-16+. The molecule has 0 saturated heterocycles. The minimum Gasteiger partial charge on any atom is -0.307 e. The highest BCUT2D eigenvalue weighted by atomic mass is 32.1. The molecule has 9 rings (SSSR count). The Balaban J connectivity index is 1.41. The topological polar surface area (TPSA) is 43.6 Å². The second kappa shape index (κ2) is 12.8. The van der Waals surface area contributed by atoms with E-state index < -0.39 is 0 Å². The maximum atomic E-state index is 5.22. The van der Waals surface area contributed by atoms with Crippen molar-refractivity contribution >= 4 is 58.9 Å². The number of nitrogens with zero attached hydrogens (tertiary/aromatic N) is 4. The molecule has 51 heavy (non-hydrogen) atoms. The van der Waals surface area contributed by atoms with E-state index in [0.717, 1.165) is 39.0 Å². The van der Waals surface area contributed by atoms with Gasteiger partial charge in [-0.15, -0.1) is 11.3 Å². The molecule has 0 bridgehead atoms. The third-order valence-corrected chi connectivity index (χ3v) is 10.6. The number of allylic oxidation sites excluding steroid dienone is 5. The van der Waals surface area contributed by atoms with Gasteiger partial charge >= 0.3 is 0 Å². The molecule has 5 heteroatoms. The Morgan fingerprint density at radius 3 is 1.96 bits per heavy atom. The van der Waals surface area contributed by atoms with Crippen molar-refractivity contribution in [3.63, 3.8) is 0 Å². The predicted octanol–water partition coefficient (Wildman–Crippen LogP) is 12.5. The fourth-order valence-corrected chi connectivity index (χ4v) is 8.22. The Bertz CT molecular complexity index is 2770. The first-order valence-electron chi connectivity index (χ1n) is 17.0. The van der Waals surface area contributed by atoms with Crippen LogP contribution in [0.25, 0.3) is 87.4 Å². The minimum absolute atomic E-state index is 0.600. The van der Waals surface area contributed by atoms with Crippen LogP contribution >= 0.6 is 11.3 Å². The number of fused-ring (bicyclic) bond motifs is 7. The summed E-state index contributed by atoms with van der Waals surface area (Å²) in [5.74, 6) is 1.85. The number of hydrogen-bond acceptors (Lipinski definition) is 4. The first-order chi connectivity index (χ1) is 25.2. The maximum absolute atomic E-state index is 5.22. The van der Waals surface area contributed by atoms with Gasteiger partial charge in [0, 0.05) is 42.9 Å². The van der Waals surface area contributed by atoms with E-state index in [9.17, 15) is 0 Å². The largest absolute Gasteiger partial charge is 0.307 e. The molecule has 0 radical (unpaired) electrons. The van der Waals surface area contributed by atoms with Crippen LogP contribution in [0.5, 0.6) is 0 Å². The lowest BCUT2D eigenvalue weighted by atomic mass is 10.00. The lowest BCUT2D eigenvalue weighted by Crippen LogP contribution is -2.04. The van der Waals surface area contributed by atoms with Crippen LogP contribution in [-0.2, 0) is 0 Å². The minimum atomic E-state index is 0.600. The number of para-hydroxylation sites is 1. The van der Waals surface area contributed by atoms with Crippen molar-refractivity contribution in [3.05, 3.63) is 176 Å². The molecule has 9 aromatic rings. The molecule has 3 heterocycles. The summed E-state index contributed by atoms with van der Waals surface area (Å²) in [4.78, 5) is 15.5. The first-order valence-corrected chi connectivity index (χ1v) is 17.8. The number of rotatable bonds is 7. The molecule has 0 spiro atoms. The van der Waals surface area contributed by atoms with E-state index in [-0.39, 0.29) is 0 Å². The number of aromatic nitrogens is 4. The van der Waals surface area contributed by atoms with Crippen LogP contribution in [0.1, 0.15) is 12.5 Å². The molecular formula is C46H32N4S. The summed E-state index contributed by atoms with van der Waals surface area (Å²) in [6.45, 7) is 6.18. The number of hydrogen-bond donors (Lipinski definition) is 0. The average Bonchev–Trinajstić information content (AvgIpc) is 3.75. The van der Waals surface area contributed by atoms with Crippen molar-refractivity contribution in [2.45, 2.75) is 6.92 Å². The lowest BCUT2D eigenvalue weighted by molar-refractivity contribution is 1.06. The fourth-order valence-electron chi connectivity index (χ4n) is 6.98. The zero-order valence-electron chi connectivity index (χ0n) is 28.0. The van der Waals surface area contributed by atoms with Crippen molar-refractivity contribution in [2.75, 3.05) is 0 Å². The third-order valence-electron chi connectivity index (χ3n) is 9.38. The first kappa shape index (κ1) is 30.6. The summed E-state index contributed by atoms with van der Waals surface area (Å²) in [7, 11) is 0. The summed E-state index contributed by atoms with van der Waals surface area (Å²) < 4.78 is 4.94. The van der Waals surface area contributed by atoms with Gasteiger partial charge < -0.3 is 4.57 Å². The zero-order chi connectivity index (χ0) is 34.3. The average molecular weight is 673 g/mol. The van der Waals surface area contributed by atoms with Crippen LogP contribution in [-0.4, -0.2) is 19.5 Å². The summed E-state index contributed by atoms with van der Waals surface area (Å²) >= 11 is 1.85. The van der Waals surface area contributed by atoms with Gasteiger partial charge in [0.25, 0.3) is 0 Å². The summed E-state index contributed by atoms with van der Waals surface area (Å²) in [5, 5.41) is 4.94. The molecule has 0 aliphatic heterocycles. The highest BCUT2D eigenvalue weighted by Gasteiger charge is 2.22. The molecule has 0 aliphatic carbocycles. The Kier molecular flexibility index (Phi) is 7.68. The molecule has 3 aromatic heterocycles. The van der Waals surface area contributed by atoms with Crippen molar-refractivity contribution in [1.29, 1.82) is 0 Å². The Morgan fingerprint density at radius 2 is 1.25 bits per heavy atom. The molecule has 0 atom stereocenters. The Morgan fingerprint density at radius 1 is 0.627 bits per heavy atom. The molecular weight excluding hydrogens is 641 g/mol. The van der Waals surface area contributed by atoms with E-state index in [1.54, 1.807) is 0 Å². The Labute approximate surface area is 300 Å². The van der Waals surface area contributed by atoms with Crippen LogP contribution in [0.15, 0.2) is 170 Å². The van der Waals surface area contributed by atoms with Gasteiger partial charge in [0.2, 0.25) is 0 Å². The quantitative estimate of drug-likeness (QED) is 0.158. The smallest absolute Gasteiger partial charge is 0.166 e. The monoisotopic (exact) mass is 672 g/mol. The van der Waals surface area contributed by atoms with Crippen LogP contribution in [0.4, 0.5) is 0 Å². The number of thiophene rings is 1. The van der Waals surface area contributed by atoms with E-state index in [1.807, 2.05) is 97.2 Å². The van der Waals surface area contributed by atoms with Gasteiger partial charge in [0.1, 0.15) is 0 Å². The molecule has 4 nitrogen and oxygen atoms in total.